The predicted octanol–water partition coefficient (Wildman–Crippen LogP) is 1.40. The zero-order valence-corrected chi connectivity index (χ0v) is 10.0. The van der Waals surface area contributed by atoms with Gasteiger partial charge in [0.1, 0.15) is 0 Å². The van der Waals surface area contributed by atoms with Gasteiger partial charge in [-0.25, -0.2) is 0 Å². The van der Waals surface area contributed by atoms with Crippen molar-refractivity contribution in [1.82, 2.24) is 0 Å². The van der Waals surface area contributed by atoms with Gasteiger partial charge in [-0.3, -0.25) is 9.35 Å². The van der Waals surface area contributed by atoms with Crippen molar-refractivity contribution in [2.45, 2.75) is 33.6 Å². The molecule has 0 saturated heterocycles. The van der Waals surface area contributed by atoms with E-state index in [9.17, 15) is 13.2 Å². The molecule has 0 aromatic rings. The van der Waals surface area contributed by atoms with E-state index in [4.69, 9.17) is 9.66 Å². The van der Waals surface area contributed by atoms with Gasteiger partial charge in [-0.2, -0.15) is 8.42 Å². The minimum Gasteiger partial charge on any atom is -0.481 e. The predicted molar refractivity (Wildman–Crippen MR) is 56.2 cm³/mol. The van der Waals surface area contributed by atoms with Gasteiger partial charge in [0.15, 0.2) is 0 Å². The van der Waals surface area contributed by atoms with Crippen LogP contribution in [0.5, 0.6) is 0 Å². The average Bonchev–Trinajstić information content (AvgIpc) is 2.00. The van der Waals surface area contributed by atoms with Crippen molar-refractivity contribution < 1.29 is 22.9 Å². The van der Waals surface area contributed by atoms with Crippen molar-refractivity contribution in [3.8, 4) is 0 Å². The van der Waals surface area contributed by atoms with E-state index in [1.165, 1.54) is 0 Å². The molecule has 1 atom stereocenters. The Labute approximate surface area is 90.2 Å². The molecule has 0 radical (unpaired) electrons. The summed E-state index contributed by atoms with van der Waals surface area (Å²) in [6, 6.07) is 0. The molecule has 0 spiro atoms. The Morgan fingerprint density at radius 3 is 2.13 bits per heavy atom. The second-order valence-electron chi connectivity index (χ2n) is 4.27. The van der Waals surface area contributed by atoms with Gasteiger partial charge in [-0.15, -0.1) is 0 Å². The Morgan fingerprint density at radius 1 is 1.40 bits per heavy atom. The standard InChI is InChI=1S/C9H18O5S/c1-7(2)9(3,8(10)11)5-4-6-15(12,13)14/h7H,4-6H2,1-3H3,(H,10,11)(H,12,13,14). The molecule has 0 aromatic carbocycles. The highest BCUT2D eigenvalue weighted by Crippen LogP contribution is 2.32. The first-order chi connectivity index (χ1) is 6.59. The highest BCUT2D eigenvalue weighted by molar-refractivity contribution is 7.85. The first kappa shape index (κ1) is 14.4. The van der Waals surface area contributed by atoms with Crippen LogP contribution in [0.3, 0.4) is 0 Å². The number of hydrogen-bond acceptors (Lipinski definition) is 3. The van der Waals surface area contributed by atoms with Gasteiger partial charge in [0.05, 0.1) is 11.2 Å². The van der Waals surface area contributed by atoms with E-state index in [2.05, 4.69) is 0 Å². The van der Waals surface area contributed by atoms with E-state index in [1.807, 2.05) is 0 Å². The van der Waals surface area contributed by atoms with Gasteiger partial charge in [-0.05, 0) is 25.7 Å². The summed E-state index contributed by atoms with van der Waals surface area (Å²) >= 11 is 0. The van der Waals surface area contributed by atoms with Crippen molar-refractivity contribution >= 4 is 16.1 Å². The summed E-state index contributed by atoms with van der Waals surface area (Å²) in [6.07, 6.45) is 0.388. The van der Waals surface area contributed by atoms with Crippen LogP contribution in [0.2, 0.25) is 0 Å². The Bertz CT molecular complexity index is 319. The van der Waals surface area contributed by atoms with Crippen LogP contribution in [0.25, 0.3) is 0 Å². The van der Waals surface area contributed by atoms with E-state index in [1.54, 1.807) is 20.8 Å². The minimum absolute atomic E-state index is 0.0867. The molecule has 0 aromatic heterocycles. The molecular formula is C9H18O5S. The Balaban J connectivity index is 4.40. The number of carboxylic acid groups (broad SMARTS) is 1. The lowest BCUT2D eigenvalue weighted by atomic mass is 9.76. The van der Waals surface area contributed by atoms with E-state index in [0.717, 1.165) is 0 Å². The van der Waals surface area contributed by atoms with Crippen LogP contribution in [0, 0.1) is 11.3 Å². The molecule has 1 unspecified atom stereocenters. The summed E-state index contributed by atoms with van der Waals surface area (Å²) < 4.78 is 29.4. The van der Waals surface area contributed by atoms with Crippen molar-refractivity contribution in [3.63, 3.8) is 0 Å². The molecule has 0 fully saturated rings. The van der Waals surface area contributed by atoms with Crippen LogP contribution in [0.1, 0.15) is 33.6 Å². The third-order valence-corrected chi connectivity index (χ3v) is 3.67. The monoisotopic (exact) mass is 238 g/mol. The van der Waals surface area contributed by atoms with Crippen molar-refractivity contribution in [1.29, 1.82) is 0 Å². The van der Waals surface area contributed by atoms with Crippen molar-refractivity contribution in [3.05, 3.63) is 0 Å². The van der Waals surface area contributed by atoms with Crippen LogP contribution in [-0.4, -0.2) is 29.8 Å². The number of aliphatic carboxylic acids is 1. The van der Waals surface area contributed by atoms with E-state index in [-0.39, 0.29) is 24.5 Å². The van der Waals surface area contributed by atoms with Gasteiger partial charge >= 0.3 is 5.97 Å². The topological polar surface area (TPSA) is 91.7 Å². The Hall–Kier alpha value is -0.620. The maximum atomic E-state index is 11.0. The Morgan fingerprint density at radius 2 is 1.87 bits per heavy atom. The molecule has 0 aliphatic heterocycles. The van der Waals surface area contributed by atoms with Crippen LogP contribution < -0.4 is 0 Å². The summed E-state index contributed by atoms with van der Waals surface area (Å²) in [7, 11) is -3.99. The number of rotatable bonds is 6. The zero-order valence-electron chi connectivity index (χ0n) is 9.23. The highest BCUT2D eigenvalue weighted by atomic mass is 32.2. The third-order valence-electron chi connectivity index (χ3n) is 2.86. The lowest BCUT2D eigenvalue weighted by Gasteiger charge is -2.28. The lowest BCUT2D eigenvalue weighted by Crippen LogP contribution is -2.33. The summed E-state index contributed by atoms with van der Waals surface area (Å²) in [4.78, 5) is 11.0. The zero-order chi connectivity index (χ0) is 12.3. The smallest absolute Gasteiger partial charge is 0.309 e. The lowest BCUT2D eigenvalue weighted by molar-refractivity contribution is -0.151. The molecule has 90 valence electrons. The Kier molecular flexibility index (Phi) is 4.73. The van der Waals surface area contributed by atoms with Gasteiger partial charge in [0, 0.05) is 0 Å². The molecule has 0 aliphatic rings. The van der Waals surface area contributed by atoms with Gasteiger partial charge < -0.3 is 5.11 Å². The molecule has 6 heteroatoms. The molecule has 0 bridgehead atoms. The molecule has 5 nitrogen and oxygen atoms in total. The summed E-state index contributed by atoms with van der Waals surface area (Å²) in [5.74, 6) is -1.41. The summed E-state index contributed by atoms with van der Waals surface area (Å²) in [5.41, 5.74) is -0.940. The fourth-order valence-corrected chi connectivity index (χ4v) is 1.77. The molecule has 0 rings (SSSR count). The van der Waals surface area contributed by atoms with Crippen LogP contribution >= 0.6 is 0 Å². The fourth-order valence-electron chi connectivity index (χ4n) is 1.26. The number of carbonyl (C=O) groups is 1. The van der Waals surface area contributed by atoms with Gasteiger partial charge in [0.2, 0.25) is 0 Å². The second kappa shape index (κ2) is 4.94. The maximum absolute atomic E-state index is 11.0. The van der Waals surface area contributed by atoms with Crippen molar-refractivity contribution in [2.75, 3.05) is 5.75 Å². The number of carboxylic acids is 1. The van der Waals surface area contributed by atoms with E-state index >= 15 is 0 Å². The van der Waals surface area contributed by atoms with Gasteiger partial charge in [-0.1, -0.05) is 13.8 Å². The van der Waals surface area contributed by atoms with E-state index in [0.29, 0.717) is 0 Å². The molecule has 2 N–H and O–H groups in total. The average molecular weight is 238 g/mol. The van der Waals surface area contributed by atoms with Crippen molar-refractivity contribution in [2.24, 2.45) is 11.3 Å². The highest BCUT2D eigenvalue weighted by Gasteiger charge is 2.36. The molecule has 0 heterocycles. The molecule has 0 saturated carbocycles. The fraction of sp³-hybridized carbons (Fsp3) is 0.889. The maximum Gasteiger partial charge on any atom is 0.309 e. The van der Waals surface area contributed by atoms with Crippen LogP contribution in [0.15, 0.2) is 0 Å². The molecule has 0 amide bonds. The SMILES string of the molecule is CC(C)C(C)(CCCS(=O)(=O)O)C(=O)O. The van der Waals surface area contributed by atoms with Gasteiger partial charge in [0.25, 0.3) is 10.1 Å². The number of hydrogen-bond donors (Lipinski definition) is 2. The first-order valence-electron chi connectivity index (χ1n) is 4.78. The van der Waals surface area contributed by atoms with E-state index < -0.39 is 21.5 Å². The molecule has 15 heavy (non-hydrogen) atoms. The normalized spacial score (nSPS) is 16.3. The van der Waals surface area contributed by atoms with Crippen LogP contribution in [0.4, 0.5) is 0 Å². The van der Waals surface area contributed by atoms with Crippen LogP contribution in [-0.2, 0) is 14.9 Å². The largest absolute Gasteiger partial charge is 0.481 e. The third kappa shape index (κ3) is 4.61. The molecular weight excluding hydrogens is 220 g/mol. The summed E-state index contributed by atoms with van der Waals surface area (Å²) in [6.45, 7) is 5.15. The first-order valence-corrected chi connectivity index (χ1v) is 6.39. The molecule has 0 aliphatic carbocycles. The second-order valence-corrected chi connectivity index (χ2v) is 5.84. The summed E-state index contributed by atoms with van der Waals surface area (Å²) in [5, 5.41) is 9.02. The quantitative estimate of drug-likeness (QED) is 0.682. The minimum atomic E-state index is -3.99.